The highest BCUT2D eigenvalue weighted by atomic mass is 19.1. The topological polar surface area (TPSA) is 56.1 Å². The van der Waals surface area contributed by atoms with Crippen LogP contribution in [0, 0.1) is 5.82 Å². The van der Waals surface area contributed by atoms with Crippen LogP contribution in [0.2, 0.25) is 0 Å². The molecule has 1 amide bonds. The molecule has 0 aliphatic carbocycles. The van der Waals surface area contributed by atoms with Crippen LogP contribution in [0.1, 0.15) is 10.4 Å². The maximum Gasteiger partial charge on any atom is 0.259 e. The van der Waals surface area contributed by atoms with E-state index in [0.717, 1.165) is 11.8 Å². The number of nitrogens with one attached hydrogen (secondary N) is 1. The second-order valence-corrected chi connectivity index (χ2v) is 4.82. The van der Waals surface area contributed by atoms with Crippen LogP contribution in [0.3, 0.4) is 0 Å². The minimum atomic E-state index is -0.494. The van der Waals surface area contributed by atoms with Gasteiger partial charge in [0.25, 0.3) is 5.91 Å². The van der Waals surface area contributed by atoms with Gasteiger partial charge < -0.3 is 14.6 Å². The average molecular weight is 311 g/mol. The third kappa shape index (κ3) is 3.21. The van der Waals surface area contributed by atoms with Crippen molar-refractivity contribution in [3.63, 3.8) is 0 Å². The van der Waals surface area contributed by atoms with E-state index in [1.807, 2.05) is 22.9 Å². The molecule has 5 nitrogen and oxygen atoms in total. The number of hydrogen-bond acceptors (Lipinski definition) is 3. The lowest BCUT2D eigenvalue weighted by Gasteiger charge is -2.10. The Morgan fingerprint density at radius 2 is 2.00 bits per heavy atom. The Bertz CT molecular complexity index is 814. The molecule has 3 rings (SSSR count). The molecular weight excluding hydrogens is 297 g/mol. The highest BCUT2D eigenvalue weighted by molar-refractivity contribution is 6.06. The maximum atomic E-state index is 13.3. The van der Waals surface area contributed by atoms with E-state index in [0.29, 0.717) is 11.4 Å². The van der Waals surface area contributed by atoms with Crippen LogP contribution in [0.15, 0.2) is 61.2 Å². The number of anilines is 1. The summed E-state index contributed by atoms with van der Waals surface area (Å²) in [5.74, 6) is -0.609. The van der Waals surface area contributed by atoms with Gasteiger partial charge in [-0.3, -0.25) is 4.79 Å². The summed E-state index contributed by atoms with van der Waals surface area (Å²) >= 11 is 0. The first-order valence-electron chi connectivity index (χ1n) is 6.90. The lowest BCUT2D eigenvalue weighted by molar-refractivity contribution is 0.102. The number of ether oxygens (including phenoxy) is 1. The van der Waals surface area contributed by atoms with Crippen molar-refractivity contribution >= 4 is 11.6 Å². The lowest BCUT2D eigenvalue weighted by atomic mass is 10.1. The molecule has 0 atom stereocenters. The summed E-state index contributed by atoms with van der Waals surface area (Å²) in [4.78, 5) is 16.3. The first-order valence-corrected chi connectivity index (χ1v) is 6.90. The van der Waals surface area contributed by atoms with Gasteiger partial charge in [0, 0.05) is 23.8 Å². The summed E-state index contributed by atoms with van der Waals surface area (Å²) < 4.78 is 20.3. The first-order chi connectivity index (χ1) is 11.2. The molecule has 23 heavy (non-hydrogen) atoms. The van der Waals surface area contributed by atoms with Gasteiger partial charge in [0.05, 0.1) is 19.0 Å². The Balaban J connectivity index is 1.79. The predicted octanol–water partition coefficient (Wildman–Crippen LogP) is 3.27. The van der Waals surface area contributed by atoms with Crippen molar-refractivity contribution in [1.29, 1.82) is 0 Å². The van der Waals surface area contributed by atoms with E-state index in [4.69, 9.17) is 4.74 Å². The van der Waals surface area contributed by atoms with Gasteiger partial charge >= 0.3 is 0 Å². The van der Waals surface area contributed by atoms with Gasteiger partial charge in [-0.25, -0.2) is 9.37 Å². The molecule has 2 aromatic carbocycles. The Kier molecular flexibility index (Phi) is 4.05. The largest absolute Gasteiger partial charge is 0.496 e. The van der Waals surface area contributed by atoms with Crippen molar-refractivity contribution in [3.05, 3.63) is 72.6 Å². The third-order valence-corrected chi connectivity index (χ3v) is 3.33. The Morgan fingerprint density at radius 3 is 2.65 bits per heavy atom. The first kappa shape index (κ1) is 14.8. The molecule has 1 N–H and O–H groups in total. The number of benzene rings is 2. The number of methoxy groups -OCH3 is 1. The van der Waals surface area contributed by atoms with Crippen molar-refractivity contribution in [2.24, 2.45) is 0 Å². The molecule has 0 fully saturated rings. The second-order valence-electron chi connectivity index (χ2n) is 4.82. The van der Waals surface area contributed by atoms with Crippen LogP contribution in [0.4, 0.5) is 10.1 Å². The van der Waals surface area contributed by atoms with Gasteiger partial charge in [0.15, 0.2) is 0 Å². The quantitative estimate of drug-likeness (QED) is 0.804. The number of carbonyl (C=O) groups is 1. The van der Waals surface area contributed by atoms with Crippen LogP contribution in [-0.4, -0.2) is 22.6 Å². The number of imidazole rings is 1. The van der Waals surface area contributed by atoms with Gasteiger partial charge in [-0.2, -0.15) is 0 Å². The Hall–Kier alpha value is -3.15. The molecule has 0 aliphatic rings. The zero-order valence-electron chi connectivity index (χ0n) is 12.4. The van der Waals surface area contributed by atoms with Crippen LogP contribution in [0.25, 0.3) is 5.69 Å². The number of carbonyl (C=O) groups excluding carboxylic acids is 1. The Labute approximate surface area is 132 Å². The summed E-state index contributed by atoms with van der Waals surface area (Å²) in [6.45, 7) is 0. The summed E-state index contributed by atoms with van der Waals surface area (Å²) in [5, 5.41) is 2.72. The zero-order chi connectivity index (χ0) is 16.2. The van der Waals surface area contributed by atoms with E-state index >= 15 is 0 Å². The summed E-state index contributed by atoms with van der Waals surface area (Å²) in [7, 11) is 1.43. The number of rotatable bonds is 4. The van der Waals surface area contributed by atoms with E-state index in [9.17, 15) is 9.18 Å². The standard InChI is InChI=1S/C17H14FN3O2/c1-23-16-7-2-12(18)10-15(16)17(22)20-13-3-5-14(6-4-13)21-9-8-19-11-21/h2-11H,1H3,(H,20,22). The van der Waals surface area contributed by atoms with Crippen molar-refractivity contribution in [2.45, 2.75) is 0 Å². The minimum Gasteiger partial charge on any atom is -0.496 e. The highest BCUT2D eigenvalue weighted by Gasteiger charge is 2.13. The molecular formula is C17H14FN3O2. The van der Waals surface area contributed by atoms with Crippen LogP contribution in [-0.2, 0) is 0 Å². The summed E-state index contributed by atoms with van der Waals surface area (Å²) in [6, 6.07) is 11.0. The summed E-state index contributed by atoms with van der Waals surface area (Å²) in [5.41, 5.74) is 1.67. The van der Waals surface area contributed by atoms with Crippen LogP contribution < -0.4 is 10.1 Å². The molecule has 6 heteroatoms. The molecule has 0 aliphatic heterocycles. The van der Waals surface area contributed by atoms with E-state index in [-0.39, 0.29) is 5.56 Å². The molecule has 1 heterocycles. The average Bonchev–Trinajstić information content (AvgIpc) is 3.10. The molecule has 0 spiro atoms. The van der Waals surface area contributed by atoms with Crippen molar-refractivity contribution in [1.82, 2.24) is 9.55 Å². The zero-order valence-corrected chi connectivity index (χ0v) is 12.4. The molecule has 1 aromatic heterocycles. The number of nitrogens with zero attached hydrogens (tertiary/aromatic N) is 2. The number of amides is 1. The summed E-state index contributed by atoms with van der Waals surface area (Å²) in [6.07, 6.45) is 5.20. The molecule has 116 valence electrons. The minimum absolute atomic E-state index is 0.145. The normalized spacial score (nSPS) is 10.3. The smallest absolute Gasteiger partial charge is 0.259 e. The number of halogens is 1. The van der Waals surface area contributed by atoms with E-state index < -0.39 is 11.7 Å². The second kappa shape index (κ2) is 6.31. The van der Waals surface area contributed by atoms with Gasteiger partial charge in [-0.15, -0.1) is 0 Å². The lowest BCUT2D eigenvalue weighted by Crippen LogP contribution is -2.13. The molecule has 0 saturated heterocycles. The van der Waals surface area contributed by atoms with Gasteiger partial charge in [0.1, 0.15) is 11.6 Å². The van der Waals surface area contributed by atoms with Gasteiger partial charge in [-0.05, 0) is 42.5 Å². The monoisotopic (exact) mass is 311 g/mol. The highest BCUT2D eigenvalue weighted by Crippen LogP contribution is 2.21. The van der Waals surface area contributed by atoms with Crippen LogP contribution >= 0.6 is 0 Å². The van der Waals surface area contributed by atoms with E-state index in [2.05, 4.69) is 10.3 Å². The SMILES string of the molecule is COc1ccc(F)cc1C(=O)Nc1ccc(-n2ccnc2)cc1. The molecule has 0 radical (unpaired) electrons. The molecule has 0 unspecified atom stereocenters. The van der Waals surface area contributed by atoms with Crippen LogP contribution in [0.5, 0.6) is 5.75 Å². The van der Waals surface area contributed by atoms with Crippen molar-refractivity contribution < 1.29 is 13.9 Å². The third-order valence-electron chi connectivity index (χ3n) is 3.33. The van der Waals surface area contributed by atoms with Crippen molar-refractivity contribution in [3.8, 4) is 11.4 Å². The molecule has 0 bridgehead atoms. The fourth-order valence-electron chi connectivity index (χ4n) is 2.18. The van der Waals surface area contributed by atoms with Gasteiger partial charge in [-0.1, -0.05) is 0 Å². The van der Waals surface area contributed by atoms with Crippen molar-refractivity contribution in [2.75, 3.05) is 12.4 Å². The predicted molar refractivity (Wildman–Crippen MR) is 84.5 cm³/mol. The fraction of sp³-hybridized carbons (Fsp3) is 0.0588. The number of hydrogen-bond donors (Lipinski definition) is 1. The molecule has 3 aromatic rings. The molecule has 0 saturated carbocycles. The fourth-order valence-corrected chi connectivity index (χ4v) is 2.18. The van der Waals surface area contributed by atoms with E-state index in [1.165, 1.54) is 19.2 Å². The number of aromatic nitrogens is 2. The maximum absolute atomic E-state index is 13.3. The van der Waals surface area contributed by atoms with E-state index in [1.54, 1.807) is 24.7 Å². The van der Waals surface area contributed by atoms with Gasteiger partial charge in [0.2, 0.25) is 0 Å². The Morgan fingerprint density at radius 1 is 1.22 bits per heavy atom.